The van der Waals surface area contributed by atoms with Crippen LogP contribution in [-0.2, 0) is 4.74 Å². The first kappa shape index (κ1) is 18.0. The van der Waals surface area contributed by atoms with Gasteiger partial charge in [0.25, 0.3) is 0 Å². The average Bonchev–Trinajstić information content (AvgIpc) is 3.13. The van der Waals surface area contributed by atoms with Crippen LogP contribution in [0.25, 0.3) is 22.3 Å². The first-order valence-electron chi connectivity index (χ1n) is 9.30. The van der Waals surface area contributed by atoms with Crippen molar-refractivity contribution >= 4 is 34.2 Å². The highest BCUT2D eigenvalue weighted by Crippen LogP contribution is 2.35. The van der Waals surface area contributed by atoms with Crippen LogP contribution in [0.3, 0.4) is 0 Å². The molecule has 1 aromatic heterocycles. The van der Waals surface area contributed by atoms with E-state index >= 15 is 0 Å². The highest BCUT2D eigenvalue weighted by atomic mass is 16.5. The Kier molecular flexibility index (Phi) is 4.50. The van der Waals surface area contributed by atoms with E-state index in [9.17, 15) is 4.79 Å². The van der Waals surface area contributed by atoms with Gasteiger partial charge in [-0.25, -0.2) is 14.8 Å². The first-order chi connectivity index (χ1) is 13.5. The summed E-state index contributed by atoms with van der Waals surface area (Å²) in [6, 6.07) is 11.1. The highest BCUT2D eigenvalue weighted by Gasteiger charge is 2.26. The molecule has 28 heavy (non-hydrogen) atoms. The van der Waals surface area contributed by atoms with Crippen LogP contribution >= 0.6 is 0 Å². The third-order valence-corrected chi connectivity index (χ3v) is 5.25. The van der Waals surface area contributed by atoms with Gasteiger partial charge in [-0.15, -0.1) is 0 Å². The SMILES string of the molecule is COC(=O)c1ccc2nc(-c3ccc(N)c(N)c3)c(N3CCC[C@@H]3C)nc2c1. The Hall–Kier alpha value is -3.35. The van der Waals surface area contributed by atoms with Crippen LogP contribution in [-0.4, -0.2) is 35.6 Å². The number of nitrogen functional groups attached to an aromatic ring is 2. The maximum absolute atomic E-state index is 11.9. The molecule has 7 nitrogen and oxygen atoms in total. The number of carbonyl (C=O) groups is 1. The molecule has 0 bridgehead atoms. The number of rotatable bonds is 3. The second-order valence-electron chi connectivity index (χ2n) is 7.12. The van der Waals surface area contributed by atoms with Gasteiger partial charge in [-0.3, -0.25) is 0 Å². The number of benzene rings is 2. The summed E-state index contributed by atoms with van der Waals surface area (Å²) in [6.45, 7) is 3.10. The Morgan fingerprint density at radius 2 is 1.93 bits per heavy atom. The number of nitrogens with two attached hydrogens (primary N) is 2. The van der Waals surface area contributed by atoms with Gasteiger partial charge in [0.05, 0.1) is 35.1 Å². The molecule has 1 fully saturated rings. The third kappa shape index (κ3) is 3.09. The molecular formula is C21H23N5O2. The van der Waals surface area contributed by atoms with Gasteiger partial charge in [0, 0.05) is 18.2 Å². The molecule has 2 heterocycles. The van der Waals surface area contributed by atoms with Crippen molar-refractivity contribution in [2.45, 2.75) is 25.8 Å². The molecule has 1 atom stereocenters. The predicted octanol–water partition coefficient (Wildman–Crippen LogP) is 3.24. The third-order valence-electron chi connectivity index (χ3n) is 5.25. The Bertz CT molecular complexity index is 1070. The van der Waals surface area contributed by atoms with Crippen LogP contribution in [0.5, 0.6) is 0 Å². The Labute approximate surface area is 163 Å². The van der Waals surface area contributed by atoms with Crippen LogP contribution < -0.4 is 16.4 Å². The lowest BCUT2D eigenvalue weighted by Gasteiger charge is -2.25. The maximum atomic E-state index is 11.9. The summed E-state index contributed by atoms with van der Waals surface area (Å²) in [5, 5.41) is 0. The van der Waals surface area contributed by atoms with E-state index in [-0.39, 0.29) is 0 Å². The molecule has 4 N–H and O–H groups in total. The molecule has 0 unspecified atom stereocenters. The van der Waals surface area contributed by atoms with Gasteiger partial charge in [-0.05, 0) is 50.1 Å². The summed E-state index contributed by atoms with van der Waals surface area (Å²) in [5.74, 6) is 0.402. The van der Waals surface area contributed by atoms with Gasteiger partial charge < -0.3 is 21.1 Å². The zero-order valence-corrected chi connectivity index (χ0v) is 16.0. The molecule has 3 aromatic rings. The highest BCUT2D eigenvalue weighted by molar-refractivity contribution is 5.94. The number of fused-ring (bicyclic) bond motifs is 1. The molecule has 144 valence electrons. The van der Waals surface area contributed by atoms with Crippen molar-refractivity contribution in [3.05, 3.63) is 42.0 Å². The van der Waals surface area contributed by atoms with Crippen LogP contribution in [0.1, 0.15) is 30.1 Å². The minimum Gasteiger partial charge on any atom is -0.465 e. The molecule has 4 rings (SSSR count). The minimum atomic E-state index is -0.393. The first-order valence-corrected chi connectivity index (χ1v) is 9.30. The topological polar surface area (TPSA) is 107 Å². The second-order valence-corrected chi connectivity index (χ2v) is 7.12. The summed E-state index contributed by atoms with van der Waals surface area (Å²) >= 11 is 0. The van der Waals surface area contributed by atoms with Gasteiger partial charge in [-0.2, -0.15) is 0 Å². The van der Waals surface area contributed by atoms with E-state index in [0.717, 1.165) is 36.5 Å². The number of esters is 1. The van der Waals surface area contributed by atoms with Gasteiger partial charge in [-0.1, -0.05) is 6.07 Å². The standard InChI is InChI=1S/C21H23N5O2/c1-12-4-3-9-26(12)20-19(13-5-7-15(22)16(23)10-13)24-17-8-6-14(21(27)28-2)11-18(17)25-20/h5-8,10-12H,3-4,9,22-23H2,1-2H3/t12-/m0/s1. The summed E-state index contributed by atoms with van der Waals surface area (Å²) in [4.78, 5) is 23.9. The van der Waals surface area contributed by atoms with E-state index in [4.69, 9.17) is 26.2 Å². The monoisotopic (exact) mass is 377 g/mol. The van der Waals surface area contributed by atoms with Crippen molar-refractivity contribution in [1.29, 1.82) is 0 Å². The van der Waals surface area contributed by atoms with E-state index in [0.29, 0.717) is 34.0 Å². The molecule has 2 aromatic carbocycles. The van der Waals surface area contributed by atoms with Crippen molar-refractivity contribution in [2.24, 2.45) is 0 Å². The Balaban J connectivity index is 1.93. The maximum Gasteiger partial charge on any atom is 0.337 e. The van der Waals surface area contributed by atoms with E-state index in [2.05, 4.69) is 11.8 Å². The van der Waals surface area contributed by atoms with Crippen molar-refractivity contribution in [3.63, 3.8) is 0 Å². The van der Waals surface area contributed by atoms with Crippen molar-refractivity contribution < 1.29 is 9.53 Å². The summed E-state index contributed by atoms with van der Waals surface area (Å²) in [6.07, 6.45) is 2.21. The van der Waals surface area contributed by atoms with Gasteiger partial charge >= 0.3 is 5.97 Å². The van der Waals surface area contributed by atoms with E-state index in [1.165, 1.54) is 7.11 Å². The molecule has 0 amide bonds. The smallest absolute Gasteiger partial charge is 0.337 e. The normalized spacial score (nSPS) is 16.5. The van der Waals surface area contributed by atoms with Gasteiger partial charge in [0.15, 0.2) is 5.82 Å². The number of aromatic nitrogens is 2. The summed E-state index contributed by atoms with van der Waals surface area (Å²) in [7, 11) is 1.37. The molecule has 0 radical (unpaired) electrons. The van der Waals surface area contributed by atoms with E-state index in [1.54, 1.807) is 24.3 Å². The van der Waals surface area contributed by atoms with Crippen LogP contribution in [0, 0.1) is 0 Å². The quantitative estimate of drug-likeness (QED) is 0.533. The van der Waals surface area contributed by atoms with E-state index < -0.39 is 5.97 Å². The van der Waals surface area contributed by atoms with Crippen LogP contribution in [0.15, 0.2) is 36.4 Å². The largest absolute Gasteiger partial charge is 0.465 e. The molecule has 0 aliphatic carbocycles. The number of methoxy groups -OCH3 is 1. The number of hydrogen-bond donors (Lipinski definition) is 2. The molecule has 0 spiro atoms. The average molecular weight is 377 g/mol. The number of carbonyl (C=O) groups excluding carboxylic acids is 1. The van der Waals surface area contributed by atoms with Crippen LogP contribution in [0.4, 0.5) is 17.2 Å². The number of hydrogen-bond acceptors (Lipinski definition) is 7. The molecule has 0 saturated carbocycles. The van der Waals surface area contributed by atoms with E-state index in [1.807, 2.05) is 12.1 Å². The van der Waals surface area contributed by atoms with Crippen LogP contribution in [0.2, 0.25) is 0 Å². The number of nitrogens with zero attached hydrogens (tertiary/aromatic N) is 3. The molecule has 1 aliphatic heterocycles. The minimum absolute atomic E-state index is 0.361. The molecular weight excluding hydrogens is 354 g/mol. The fourth-order valence-electron chi connectivity index (χ4n) is 3.65. The lowest BCUT2D eigenvalue weighted by atomic mass is 10.1. The number of anilines is 3. The molecule has 1 saturated heterocycles. The number of ether oxygens (including phenoxy) is 1. The second kappa shape index (κ2) is 6.99. The predicted molar refractivity (Wildman–Crippen MR) is 111 cm³/mol. The lowest BCUT2D eigenvalue weighted by molar-refractivity contribution is 0.0601. The lowest BCUT2D eigenvalue weighted by Crippen LogP contribution is -2.28. The molecule has 1 aliphatic rings. The summed E-state index contributed by atoms with van der Waals surface area (Å²) < 4.78 is 4.83. The molecule has 7 heteroatoms. The fourth-order valence-corrected chi connectivity index (χ4v) is 3.65. The van der Waals surface area contributed by atoms with Crippen molar-refractivity contribution in [2.75, 3.05) is 30.0 Å². The Morgan fingerprint density at radius 1 is 1.11 bits per heavy atom. The zero-order chi connectivity index (χ0) is 19.8. The van der Waals surface area contributed by atoms with Crippen molar-refractivity contribution in [3.8, 4) is 11.3 Å². The van der Waals surface area contributed by atoms with Gasteiger partial charge in [0.2, 0.25) is 0 Å². The van der Waals surface area contributed by atoms with Crippen molar-refractivity contribution in [1.82, 2.24) is 9.97 Å². The fraction of sp³-hybridized carbons (Fsp3) is 0.286. The van der Waals surface area contributed by atoms with Gasteiger partial charge in [0.1, 0.15) is 5.69 Å². The Morgan fingerprint density at radius 3 is 2.61 bits per heavy atom. The summed E-state index contributed by atoms with van der Waals surface area (Å²) in [5.41, 5.74) is 16.4. The zero-order valence-electron chi connectivity index (χ0n) is 16.0.